The van der Waals surface area contributed by atoms with Gasteiger partial charge in [0.25, 0.3) is 5.69 Å². The Kier molecular flexibility index (Phi) is 2.88. The fourth-order valence-electron chi connectivity index (χ4n) is 1.38. The third-order valence-corrected chi connectivity index (χ3v) is 2.41. The van der Waals surface area contributed by atoms with Gasteiger partial charge in [-0.3, -0.25) is 10.1 Å². The molecule has 0 bridgehead atoms. The van der Waals surface area contributed by atoms with E-state index in [2.05, 4.69) is 6.07 Å². The van der Waals surface area contributed by atoms with Crippen LogP contribution in [0.15, 0.2) is 42.5 Å². The van der Waals surface area contributed by atoms with Gasteiger partial charge < -0.3 is 0 Å². The van der Waals surface area contributed by atoms with E-state index in [0.717, 1.165) is 11.1 Å². The first-order valence-corrected chi connectivity index (χ1v) is 4.97. The van der Waals surface area contributed by atoms with Crippen LogP contribution >= 0.6 is 11.6 Å². The van der Waals surface area contributed by atoms with Crippen molar-refractivity contribution < 1.29 is 4.92 Å². The second kappa shape index (κ2) is 4.33. The lowest BCUT2D eigenvalue weighted by Crippen LogP contribution is -1.88. The summed E-state index contributed by atoms with van der Waals surface area (Å²) in [5.74, 6) is 0. The Balaban J connectivity index is 2.44. The van der Waals surface area contributed by atoms with Gasteiger partial charge in [-0.2, -0.15) is 0 Å². The molecule has 4 heteroatoms. The molecule has 79 valence electrons. The standard InChI is InChI=1S/C12H7ClNO2/c13-11-6-4-9(5-7-11)10-2-1-3-12(8-10)14(15)16/h1-2,4-8H. The quantitative estimate of drug-likeness (QED) is 0.585. The first kappa shape index (κ1) is 10.6. The van der Waals surface area contributed by atoms with E-state index in [9.17, 15) is 10.1 Å². The van der Waals surface area contributed by atoms with E-state index < -0.39 is 4.92 Å². The van der Waals surface area contributed by atoms with E-state index in [4.69, 9.17) is 11.6 Å². The van der Waals surface area contributed by atoms with Gasteiger partial charge in [0, 0.05) is 11.1 Å². The number of halogens is 1. The molecule has 0 saturated carbocycles. The van der Waals surface area contributed by atoms with Crippen molar-refractivity contribution in [3.8, 4) is 11.1 Å². The molecule has 0 aromatic heterocycles. The molecule has 2 rings (SSSR count). The van der Waals surface area contributed by atoms with Gasteiger partial charge in [-0.1, -0.05) is 29.8 Å². The van der Waals surface area contributed by atoms with Gasteiger partial charge in [0.2, 0.25) is 0 Å². The normalized spacial score (nSPS) is 10.1. The number of nitro benzene ring substituents is 1. The number of hydrogen-bond donors (Lipinski definition) is 0. The SMILES string of the molecule is O=[N+]([O-])c1[c]ccc(-c2ccc(Cl)cc2)c1. The fraction of sp³-hybridized carbons (Fsp3) is 0. The molecule has 0 saturated heterocycles. The molecular formula is C12H7ClNO2. The zero-order valence-corrected chi connectivity index (χ0v) is 8.94. The minimum absolute atomic E-state index is 0.0348. The maximum absolute atomic E-state index is 10.6. The highest BCUT2D eigenvalue weighted by Gasteiger charge is 2.07. The number of non-ortho nitro benzene ring substituents is 1. The zero-order valence-electron chi connectivity index (χ0n) is 8.18. The predicted octanol–water partition coefficient (Wildman–Crippen LogP) is 3.72. The average molecular weight is 233 g/mol. The van der Waals surface area contributed by atoms with Crippen LogP contribution in [-0.4, -0.2) is 4.92 Å². The number of benzene rings is 2. The molecule has 2 aromatic rings. The molecule has 0 aliphatic carbocycles. The molecule has 0 heterocycles. The van der Waals surface area contributed by atoms with Gasteiger partial charge in [0.05, 0.1) is 11.0 Å². The van der Waals surface area contributed by atoms with E-state index in [1.807, 2.05) is 12.1 Å². The van der Waals surface area contributed by atoms with E-state index in [1.165, 1.54) is 6.07 Å². The molecule has 0 fully saturated rings. The molecule has 0 aliphatic rings. The summed E-state index contributed by atoms with van der Waals surface area (Å²) in [5, 5.41) is 11.2. The topological polar surface area (TPSA) is 43.1 Å². The summed E-state index contributed by atoms with van der Waals surface area (Å²) in [7, 11) is 0. The molecule has 0 atom stereocenters. The third kappa shape index (κ3) is 2.20. The van der Waals surface area contributed by atoms with Gasteiger partial charge in [0.1, 0.15) is 0 Å². The minimum Gasteiger partial charge on any atom is -0.258 e. The van der Waals surface area contributed by atoms with Crippen molar-refractivity contribution in [3.05, 3.63) is 63.7 Å². The fourth-order valence-corrected chi connectivity index (χ4v) is 1.51. The van der Waals surface area contributed by atoms with Crippen molar-refractivity contribution >= 4 is 17.3 Å². The Morgan fingerprint density at radius 2 is 1.81 bits per heavy atom. The van der Waals surface area contributed by atoms with Crippen molar-refractivity contribution in [2.45, 2.75) is 0 Å². The highest BCUT2D eigenvalue weighted by atomic mass is 35.5. The van der Waals surface area contributed by atoms with Gasteiger partial charge in [-0.05, 0) is 29.3 Å². The Morgan fingerprint density at radius 3 is 2.44 bits per heavy atom. The van der Waals surface area contributed by atoms with Crippen LogP contribution in [0.25, 0.3) is 11.1 Å². The smallest absolute Gasteiger partial charge is 0.258 e. The number of hydrogen-bond acceptors (Lipinski definition) is 2. The van der Waals surface area contributed by atoms with Crippen LogP contribution in [0.4, 0.5) is 5.69 Å². The first-order chi connectivity index (χ1) is 7.66. The molecule has 0 aliphatic heterocycles. The Bertz CT molecular complexity index is 523. The monoisotopic (exact) mass is 232 g/mol. The summed E-state index contributed by atoms with van der Waals surface area (Å²) >= 11 is 5.77. The highest BCUT2D eigenvalue weighted by molar-refractivity contribution is 6.30. The molecule has 16 heavy (non-hydrogen) atoms. The third-order valence-electron chi connectivity index (χ3n) is 2.16. The van der Waals surface area contributed by atoms with Crippen LogP contribution in [-0.2, 0) is 0 Å². The van der Waals surface area contributed by atoms with Crippen LogP contribution in [0, 0.1) is 16.2 Å². The minimum atomic E-state index is -0.459. The molecule has 2 aromatic carbocycles. The molecule has 3 nitrogen and oxygen atoms in total. The van der Waals surface area contributed by atoms with Crippen molar-refractivity contribution in [2.75, 3.05) is 0 Å². The lowest BCUT2D eigenvalue weighted by atomic mass is 10.1. The van der Waals surface area contributed by atoms with Gasteiger partial charge in [-0.15, -0.1) is 0 Å². The van der Waals surface area contributed by atoms with Crippen LogP contribution in [0.5, 0.6) is 0 Å². The number of rotatable bonds is 2. The summed E-state index contributed by atoms with van der Waals surface area (Å²) in [4.78, 5) is 10.1. The summed E-state index contributed by atoms with van der Waals surface area (Å²) < 4.78 is 0. The van der Waals surface area contributed by atoms with Crippen molar-refractivity contribution in [3.63, 3.8) is 0 Å². The molecule has 0 amide bonds. The molecule has 1 radical (unpaired) electrons. The van der Waals surface area contributed by atoms with Crippen LogP contribution in [0.1, 0.15) is 0 Å². The summed E-state index contributed by atoms with van der Waals surface area (Å²) in [6.45, 7) is 0. The lowest BCUT2D eigenvalue weighted by Gasteiger charge is -2.01. The Hall–Kier alpha value is -1.87. The highest BCUT2D eigenvalue weighted by Crippen LogP contribution is 2.24. The largest absolute Gasteiger partial charge is 0.278 e. The molecule has 0 N–H and O–H groups in total. The van der Waals surface area contributed by atoms with Gasteiger partial charge >= 0.3 is 0 Å². The van der Waals surface area contributed by atoms with Gasteiger partial charge in [-0.25, -0.2) is 0 Å². The molecule has 0 spiro atoms. The number of nitro groups is 1. The van der Waals surface area contributed by atoms with E-state index in [0.29, 0.717) is 5.02 Å². The zero-order chi connectivity index (χ0) is 11.5. The predicted molar refractivity (Wildman–Crippen MR) is 62.4 cm³/mol. The summed E-state index contributed by atoms with van der Waals surface area (Å²) in [6.07, 6.45) is 0. The van der Waals surface area contributed by atoms with Crippen molar-refractivity contribution in [1.29, 1.82) is 0 Å². The average Bonchev–Trinajstić information content (AvgIpc) is 2.30. The Morgan fingerprint density at radius 1 is 1.12 bits per heavy atom. The molecule has 0 unspecified atom stereocenters. The maximum Gasteiger partial charge on any atom is 0.278 e. The van der Waals surface area contributed by atoms with E-state index >= 15 is 0 Å². The second-order valence-electron chi connectivity index (χ2n) is 3.23. The Labute approximate surface area is 97.4 Å². The maximum atomic E-state index is 10.6. The first-order valence-electron chi connectivity index (χ1n) is 4.59. The van der Waals surface area contributed by atoms with Crippen molar-refractivity contribution in [1.82, 2.24) is 0 Å². The summed E-state index contributed by atoms with van der Waals surface area (Å²) in [6, 6.07) is 14.5. The second-order valence-corrected chi connectivity index (χ2v) is 3.66. The van der Waals surface area contributed by atoms with E-state index in [-0.39, 0.29) is 5.69 Å². The molecular weight excluding hydrogens is 226 g/mol. The van der Waals surface area contributed by atoms with Crippen molar-refractivity contribution in [2.24, 2.45) is 0 Å². The van der Waals surface area contributed by atoms with Crippen LogP contribution < -0.4 is 0 Å². The number of nitrogens with zero attached hydrogens (tertiary/aromatic N) is 1. The van der Waals surface area contributed by atoms with Crippen LogP contribution in [0.2, 0.25) is 5.02 Å². The van der Waals surface area contributed by atoms with Crippen LogP contribution in [0.3, 0.4) is 0 Å². The lowest BCUT2D eigenvalue weighted by molar-refractivity contribution is -0.385. The van der Waals surface area contributed by atoms with Gasteiger partial charge in [0.15, 0.2) is 0 Å². The summed E-state index contributed by atoms with van der Waals surface area (Å²) in [5.41, 5.74) is 1.64. The van der Waals surface area contributed by atoms with E-state index in [1.54, 1.807) is 24.3 Å².